The summed E-state index contributed by atoms with van der Waals surface area (Å²) in [6, 6.07) is 6.32. The van der Waals surface area contributed by atoms with Gasteiger partial charge in [0.05, 0.1) is 10.2 Å². The van der Waals surface area contributed by atoms with E-state index in [1.54, 1.807) is 6.92 Å². The van der Waals surface area contributed by atoms with E-state index in [4.69, 9.17) is 10.5 Å². The van der Waals surface area contributed by atoms with E-state index in [1.165, 1.54) is 0 Å². The van der Waals surface area contributed by atoms with Gasteiger partial charge in [0, 0.05) is 38.0 Å². The third-order valence-corrected chi connectivity index (χ3v) is 6.32. The molecule has 1 heterocycles. The first-order valence-corrected chi connectivity index (χ1v) is 11.7. The van der Waals surface area contributed by atoms with Gasteiger partial charge in [0.25, 0.3) is 0 Å². The third kappa shape index (κ3) is 8.03. The molecule has 3 N–H and O–H groups in total. The Hall–Kier alpha value is -1.39. The zero-order chi connectivity index (χ0) is 22.1. The molecule has 0 spiro atoms. The molecule has 0 aliphatic carbocycles. The van der Waals surface area contributed by atoms with Crippen LogP contribution in [-0.2, 0) is 16.1 Å². The van der Waals surface area contributed by atoms with Gasteiger partial charge in [0.2, 0.25) is 11.8 Å². The lowest BCUT2D eigenvalue weighted by atomic mass is 10.0. The smallest absolute Gasteiger partial charge is 0.223 e. The van der Waals surface area contributed by atoms with Crippen molar-refractivity contribution in [1.29, 1.82) is 0 Å². The maximum absolute atomic E-state index is 13.0. The molecule has 1 aliphatic heterocycles. The van der Waals surface area contributed by atoms with Crippen molar-refractivity contribution in [3.63, 3.8) is 0 Å². The highest BCUT2D eigenvalue weighted by molar-refractivity contribution is 14.1. The summed E-state index contributed by atoms with van der Waals surface area (Å²) in [5.41, 5.74) is 6.41. The Balaban J connectivity index is 2.04. The Labute approximate surface area is 193 Å². The van der Waals surface area contributed by atoms with Crippen molar-refractivity contribution in [2.24, 2.45) is 11.7 Å². The molecule has 0 bridgehead atoms. The number of hydrogen-bond donors (Lipinski definition) is 2. The number of rotatable bonds is 12. The van der Waals surface area contributed by atoms with Gasteiger partial charge < -0.3 is 25.6 Å². The monoisotopic (exact) mass is 530 g/mol. The fraction of sp³-hybridized carbons (Fsp3) is 0.636. The highest BCUT2D eigenvalue weighted by atomic mass is 127. The Kier molecular flexibility index (Phi) is 10.3. The van der Waals surface area contributed by atoms with Crippen LogP contribution in [0.5, 0.6) is 5.75 Å². The molecule has 0 unspecified atom stereocenters. The average molecular weight is 530 g/mol. The SMILES string of the molecule is C[C@@H](CCC(=O)N(Cc1ccc(I)c(OCCCN(C)C)c1)[C@H]1CCNC1)C(N)=O. The predicted molar refractivity (Wildman–Crippen MR) is 127 cm³/mol. The van der Waals surface area contributed by atoms with Crippen molar-refractivity contribution in [2.75, 3.05) is 40.3 Å². The van der Waals surface area contributed by atoms with E-state index in [2.05, 4.69) is 53.0 Å². The lowest BCUT2D eigenvalue weighted by molar-refractivity contribution is -0.134. The Morgan fingerprint density at radius 3 is 2.77 bits per heavy atom. The van der Waals surface area contributed by atoms with Crippen LogP contribution in [0.4, 0.5) is 0 Å². The number of amides is 2. The van der Waals surface area contributed by atoms with Crippen LogP contribution < -0.4 is 15.8 Å². The molecule has 1 aromatic carbocycles. The van der Waals surface area contributed by atoms with Crippen LogP contribution in [0, 0.1) is 9.49 Å². The summed E-state index contributed by atoms with van der Waals surface area (Å²) in [7, 11) is 4.11. The number of ether oxygens (including phenoxy) is 1. The van der Waals surface area contributed by atoms with Crippen molar-refractivity contribution < 1.29 is 14.3 Å². The van der Waals surface area contributed by atoms with Gasteiger partial charge in [-0.2, -0.15) is 0 Å². The van der Waals surface area contributed by atoms with Crippen LogP contribution in [0.3, 0.4) is 0 Å². The second-order valence-electron chi connectivity index (χ2n) is 8.28. The van der Waals surface area contributed by atoms with Gasteiger partial charge >= 0.3 is 0 Å². The van der Waals surface area contributed by atoms with E-state index in [-0.39, 0.29) is 23.8 Å². The molecule has 1 fully saturated rings. The number of primary amides is 1. The number of carbonyl (C=O) groups is 2. The average Bonchev–Trinajstić information content (AvgIpc) is 3.23. The molecule has 1 aromatic rings. The summed E-state index contributed by atoms with van der Waals surface area (Å²) in [5.74, 6) is 0.290. The van der Waals surface area contributed by atoms with Gasteiger partial charge in [0.1, 0.15) is 5.75 Å². The van der Waals surface area contributed by atoms with Crippen LogP contribution in [0.25, 0.3) is 0 Å². The largest absolute Gasteiger partial charge is 0.492 e. The number of nitrogens with zero attached hydrogens (tertiary/aromatic N) is 2. The standard InChI is InChI=1S/C22H35IN4O3/c1-16(22(24)29)5-8-21(28)27(18-9-10-25-14-18)15-17-6-7-19(23)20(13-17)30-12-4-11-26(2)3/h6-7,13,16,18,25H,4-5,8-12,14-15H2,1-3H3,(H2,24,29)/t16-,18-/m0/s1. The third-order valence-electron chi connectivity index (χ3n) is 5.43. The van der Waals surface area contributed by atoms with E-state index in [1.807, 2.05) is 17.0 Å². The number of nitrogens with one attached hydrogen (secondary N) is 1. The lowest BCUT2D eigenvalue weighted by Crippen LogP contribution is -2.41. The van der Waals surface area contributed by atoms with Crippen molar-refractivity contribution in [1.82, 2.24) is 15.1 Å². The zero-order valence-corrected chi connectivity index (χ0v) is 20.5. The Bertz CT molecular complexity index is 708. The van der Waals surface area contributed by atoms with Gasteiger partial charge in [-0.25, -0.2) is 0 Å². The summed E-state index contributed by atoms with van der Waals surface area (Å²) in [4.78, 5) is 28.4. The molecular weight excluding hydrogens is 495 g/mol. The topological polar surface area (TPSA) is 87.9 Å². The van der Waals surface area contributed by atoms with E-state index in [0.29, 0.717) is 26.0 Å². The highest BCUT2D eigenvalue weighted by Gasteiger charge is 2.27. The van der Waals surface area contributed by atoms with Crippen LogP contribution in [-0.4, -0.2) is 68.0 Å². The lowest BCUT2D eigenvalue weighted by Gasteiger charge is -2.29. The first-order chi connectivity index (χ1) is 14.3. The summed E-state index contributed by atoms with van der Waals surface area (Å²) in [6.07, 6.45) is 2.72. The first-order valence-electron chi connectivity index (χ1n) is 10.6. The molecule has 0 saturated carbocycles. The van der Waals surface area contributed by atoms with Gasteiger partial charge in [-0.15, -0.1) is 0 Å². The van der Waals surface area contributed by atoms with Crippen LogP contribution in [0.1, 0.15) is 38.2 Å². The number of halogens is 1. The second kappa shape index (κ2) is 12.5. The summed E-state index contributed by atoms with van der Waals surface area (Å²) < 4.78 is 7.07. The van der Waals surface area contributed by atoms with E-state index in [0.717, 1.165) is 47.4 Å². The van der Waals surface area contributed by atoms with E-state index in [9.17, 15) is 9.59 Å². The van der Waals surface area contributed by atoms with Gasteiger partial charge in [-0.1, -0.05) is 13.0 Å². The molecule has 8 heteroatoms. The minimum Gasteiger partial charge on any atom is -0.492 e. The summed E-state index contributed by atoms with van der Waals surface area (Å²) in [6.45, 7) is 5.68. The Morgan fingerprint density at radius 2 is 2.13 bits per heavy atom. The quantitative estimate of drug-likeness (QED) is 0.320. The number of hydrogen-bond acceptors (Lipinski definition) is 5. The van der Waals surface area contributed by atoms with Crippen LogP contribution >= 0.6 is 22.6 Å². The van der Waals surface area contributed by atoms with Gasteiger partial charge in [-0.3, -0.25) is 9.59 Å². The maximum atomic E-state index is 13.0. The number of carbonyl (C=O) groups excluding carboxylic acids is 2. The van der Waals surface area contributed by atoms with E-state index >= 15 is 0 Å². The van der Waals surface area contributed by atoms with Gasteiger partial charge in [0.15, 0.2) is 0 Å². The molecule has 1 saturated heterocycles. The summed E-state index contributed by atoms with van der Waals surface area (Å²) >= 11 is 2.28. The van der Waals surface area contributed by atoms with Crippen molar-refractivity contribution in [2.45, 2.75) is 45.2 Å². The first kappa shape index (κ1) is 24.9. The molecule has 0 aromatic heterocycles. The van der Waals surface area contributed by atoms with Crippen LogP contribution in [0.15, 0.2) is 18.2 Å². The molecule has 2 amide bonds. The summed E-state index contributed by atoms with van der Waals surface area (Å²) in [5, 5.41) is 3.34. The Morgan fingerprint density at radius 1 is 1.37 bits per heavy atom. The highest BCUT2D eigenvalue weighted by Crippen LogP contribution is 2.25. The molecule has 7 nitrogen and oxygen atoms in total. The van der Waals surface area contributed by atoms with E-state index < -0.39 is 0 Å². The molecule has 30 heavy (non-hydrogen) atoms. The minimum atomic E-state index is -0.356. The molecule has 2 rings (SSSR count). The molecule has 168 valence electrons. The fourth-order valence-electron chi connectivity index (χ4n) is 3.47. The van der Waals surface area contributed by atoms with Gasteiger partial charge in [-0.05, 0) is 80.2 Å². The zero-order valence-electron chi connectivity index (χ0n) is 18.3. The maximum Gasteiger partial charge on any atom is 0.223 e. The fourth-order valence-corrected chi connectivity index (χ4v) is 3.96. The van der Waals surface area contributed by atoms with Crippen molar-refractivity contribution >= 4 is 34.4 Å². The molecule has 0 radical (unpaired) electrons. The number of benzene rings is 1. The predicted octanol–water partition coefficient (Wildman–Crippen LogP) is 2.21. The second-order valence-corrected chi connectivity index (χ2v) is 9.44. The molecular formula is C22H35IN4O3. The normalized spacial score (nSPS) is 17.2. The van der Waals surface area contributed by atoms with Crippen molar-refractivity contribution in [3.8, 4) is 5.75 Å². The van der Waals surface area contributed by atoms with Crippen LogP contribution in [0.2, 0.25) is 0 Å². The molecule has 1 aliphatic rings. The minimum absolute atomic E-state index is 0.0730. The molecule has 2 atom stereocenters. The number of nitrogens with two attached hydrogens (primary N) is 1. The van der Waals surface area contributed by atoms with Crippen molar-refractivity contribution in [3.05, 3.63) is 27.3 Å².